The number of fused-ring (bicyclic) bond motifs is 1. The zero-order chi connectivity index (χ0) is 21.1. The average molecular weight is 405 g/mol. The maximum atomic E-state index is 13.7. The SMILES string of the molecule is C[C@H](Oc1ccc(-c2cnc3ccccc3n2)cc1)C(=O)Nc1cc(F)ccc1F. The normalized spacial score (nSPS) is 11.8. The molecule has 4 aromatic rings. The van der Waals surface area contributed by atoms with Gasteiger partial charge in [-0.05, 0) is 55.5 Å². The summed E-state index contributed by atoms with van der Waals surface area (Å²) in [7, 11) is 0. The molecule has 0 aliphatic heterocycles. The van der Waals surface area contributed by atoms with E-state index >= 15 is 0 Å². The van der Waals surface area contributed by atoms with E-state index in [0.29, 0.717) is 11.4 Å². The number of anilines is 1. The number of hydrogen-bond acceptors (Lipinski definition) is 4. The van der Waals surface area contributed by atoms with Crippen LogP contribution in [0.2, 0.25) is 0 Å². The Bertz CT molecular complexity index is 1210. The van der Waals surface area contributed by atoms with Crippen LogP contribution in [0, 0.1) is 11.6 Å². The van der Waals surface area contributed by atoms with Gasteiger partial charge in [0.1, 0.15) is 17.4 Å². The summed E-state index contributed by atoms with van der Waals surface area (Å²) in [6, 6.07) is 17.5. The van der Waals surface area contributed by atoms with Gasteiger partial charge in [-0.3, -0.25) is 9.78 Å². The zero-order valence-corrected chi connectivity index (χ0v) is 16.0. The fraction of sp³-hybridized carbons (Fsp3) is 0.0870. The first-order valence-corrected chi connectivity index (χ1v) is 9.24. The Hall–Kier alpha value is -3.87. The highest BCUT2D eigenvalue weighted by Gasteiger charge is 2.17. The van der Waals surface area contributed by atoms with Crippen LogP contribution in [0.1, 0.15) is 6.92 Å². The molecule has 0 aliphatic rings. The number of hydrogen-bond donors (Lipinski definition) is 1. The van der Waals surface area contributed by atoms with Crippen LogP contribution < -0.4 is 10.1 Å². The summed E-state index contributed by atoms with van der Waals surface area (Å²) in [6.45, 7) is 1.52. The molecule has 5 nitrogen and oxygen atoms in total. The van der Waals surface area contributed by atoms with E-state index < -0.39 is 23.6 Å². The second-order valence-electron chi connectivity index (χ2n) is 6.64. The lowest BCUT2D eigenvalue weighted by atomic mass is 10.1. The standard InChI is InChI=1S/C23H17F2N3O2/c1-14(23(29)28-21-12-16(24)8-11-18(21)25)30-17-9-6-15(7-10-17)22-13-26-19-4-2-3-5-20(19)27-22/h2-14H,1H3,(H,28,29)/t14-/m0/s1. The number of carbonyl (C=O) groups is 1. The van der Waals surface area contributed by atoms with Crippen molar-refractivity contribution in [3.63, 3.8) is 0 Å². The molecule has 1 N–H and O–H groups in total. The number of rotatable bonds is 5. The lowest BCUT2D eigenvalue weighted by molar-refractivity contribution is -0.122. The van der Waals surface area contributed by atoms with Gasteiger partial charge in [-0.25, -0.2) is 13.8 Å². The van der Waals surface area contributed by atoms with Crippen molar-refractivity contribution in [1.82, 2.24) is 9.97 Å². The van der Waals surface area contributed by atoms with Crippen molar-refractivity contribution in [1.29, 1.82) is 0 Å². The molecule has 4 rings (SSSR count). The van der Waals surface area contributed by atoms with Crippen LogP contribution >= 0.6 is 0 Å². The predicted octanol–water partition coefficient (Wildman–Crippen LogP) is 4.98. The Morgan fingerprint density at radius 1 is 1.00 bits per heavy atom. The van der Waals surface area contributed by atoms with E-state index in [2.05, 4.69) is 15.3 Å². The quantitative estimate of drug-likeness (QED) is 0.509. The van der Waals surface area contributed by atoms with E-state index in [0.717, 1.165) is 34.8 Å². The molecule has 1 amide bonds. The van der Waals surface area contributed by atoms with Crippen molar-refractivity contribution in [3.05, 3.63) is 84.6 Å². The third-order valence-electron chi connectivity index (χ3n) is 4.47. The van der Waals surface area contributed by atoms with E-state index in [9.17, 15) is 13.6 Å². The van der Waals surface area contributed by atoms with Crippen molar-refractivity contribution in [2.24, 2.45) is 0 Å². The Morgan fingerprint density at radius 2 is 1.73 bits per heavy atom. The maximum Gasteiger partial charge on any atom is 0.265 e. The number of amides is 1. The van der Waals surface area contributed by atoms with Crippen molar-refractivity contribution in [3.8, 4) is 17.0 Å². The van der Waals surface area contributed by atoms with E-state index in [1.54, 1.807) is 18.3 Å². The summed E-state index contributed by atoms with van der Waals surface area (Å²) in [5, 5.41) is 2.33. The molecule has 0 fully saturated rings. The average Bonchev–Trinajstić information content (AvgIpc) is 2.76. The van der Waals surface area contributed by atoms with Crippen LogP contribution in [0.15, 0.2) is 72.9 Å². The Labute approximate surface area is 171 Å². The monoisotopic (exact) mass is 405 g/mol. The second kappa shape index (κ2) is 8.24. The maximum absolute atomic E-state index is 13.7. The van der Waals surface area contributed by atoms with Crippen molar-refractivity contribution in [2.45, 2.75) is 13.0 Å². The van der Waals surface area contributed by atoms with Crippen LogP contribution in [0.4, 0.5) is 14.5 Å². The Kier molecular flexibility index (Phi) is 5.34. The summed E-state index contributed by atoms with van der Waals surface area (Å²) in [4.78, 5) is 21.2. The minimum absolute atomic E-state index is 0.235. The molecule has 3 aromatic carbocycles. The lowest BCUT2D eigenvalue weighted by Gasteiger charge is -2.15. The lowest BCUT2D eigenvalue weighted by Crippen LogP contribution is -2.30. The van der Waals surface area contributed by atoms with Gasteiger partial charge in [0.2, 0.25) is 0 Å². The van der Waals surface area contributed by atoms with Gasteiger partial charge in [0, 0.05) is 11.6 Å². The highest BCUT2D eigenvalue weighted by molar-refractivity contribution is 5.94. The molecule has 1 aromatic heterocycles. The van der Waals surface area contributed by atoms with E-state index in [-0.39, 0.29) is 5.69 Å². The molecule has 0 radical (unpaired) electrons. The van der Waals surface area contributed by atoms with Crippen LogP contribution in [0.25, 0.3) is 22.3 Å². The molecule has 1 atom stereocenters. The van der Waals surface area contributed by atoms with E-state index in [4.69, 9.17) is 4.74 Å². The Morgan fingerprint density at radius 3 is 2.50 bits per heavy atom. The number of para-hydroxylation sites is 2. The number of nitrogens with zero attached hydrogens (tertiary/aromatic N) is 2. The predicted molar refractivity (Wildman–Crippen MR) is 110 cm³/mol. The third kappa shape index (κ3) is 4.25. The summed E-state index contributed by atoms with van der Waals surface area (Å²) < 4.78 is 32.6. The summed E-state index contributed by atoms with van der Waals surface area (Å²) in [5.41, 5.74) is 2.94. The molecule has 7 heteroatoms. The molecule has 0 aliphatic carbocycles. The van der Waals surface area contributed by atoms with Gasteiger partial charge < -0.3 is 10.1 Å². The molecular weight excluding hydrogens is 388 g/mol. The van der Waals surface area contributed by atoms with Crippen LogP contribution in [0.5, 0.6) is 5.75 Å². The van der Waals surface area contributed by atoms with Crippen molar-refractivity contribution in [2.75, 3.05) is 5.32 Å². The first kappa shape index (κ1) is 19.4. The molecular formula is C23H17F2N3O2. The van der Waals surface area contributed by atoms with Gasteiger partial charge in [-0.15, -0.1) is 0 Å². The van der Waals surface area contributed by atoms with Crippen molar-refractivity contribution < 1.29 is 18.3 Å². The fourth-order valence-electron chi connectivity index (χ4n) is 2.89. The first-order valence-electron chi connectivity index (χ1n) is 9.24. The molecule has 0 bridgehead atoms. The topological polar surface area (TPSA) is 64.1 Å². The van der Waals surface area contributed by atoms with Crippen LogP contribution in [0.3, 0.4) is 0 Å². The molecule has 150 valence electrons. The highest BCUT2D eigenvalue weighted by Crippen LogP contribution is 2.23. The number of benzene rings is 3. The van der Waals surface area contributed by atoms with Gasteiger partial charge in [0.25, 0.3) is 5.91 Å². The molecule has 1 heterocycles. The van der Waals surface area contributed by atoms with Gasteiger partial charge in [0.05, 0.1) is 28.6 Å². The number of aromatic nitrogens is 2. The van der Waals surface area contributed by atoms with Crippen LogP contribution in [-0.4, -0.2) is 22.0 Å². The van der Waals surface area contributed by atoms with Gasteiger partial charge in [0.15, 0.2) is 6.10 Å². The van der Waals surface area contributed by atoms with Crippen molar-refractivity contribution >= 4 is 22.6 Å². The number of carbonyl (C=O) groups excluding carboxylic acids is 1. The largest absolute Gasteiger partial charge is 0.481 e. The third-order valence-corrected chi connectivity index (χ3v) is 4.47. The summed E-state index contributed by atoms with van der Waals surface area (Å²) in [6.07, 6.45) is 0.779. The molecule has 0 saturated carbocycles. The first-order chi connectivity index (χ1) is 14.5. The molecule has 0 saturated heterocycles. The summed E-state index contributed by atoms with van der Waals surface area (Å²) >= 11 is 0. The zero-order valence-electron chi connectivity index (χ0n) is 16.0. The minimum Gasteiger partial charge on any atom is -0.481 e. The summed E-state index contributed by atoms with van der Waals surface area (Å²) in [5.74, 6) is -1.51. The van der Waals surface area contributed by atoms with Gasteiger partial charge in [-0.2, -0.15) is 0 Å². The molecule has 0 spiro atoms. The van der Waals surface area contributed by atoms with Gasteiger partial charge >= 0.3 is 0 Å². The second-order valence-corrected chi connectivity index (χ2v) is 6.64. The van der Waals surface area contributed by atoms with E-state index in [1.165, 1.54) is 6.92 Å². The molecule has 0 unspecified atom stereocenters. The Balaban J connectivity index is 1.44. The highest BCUT2D eigenvalue weighted by atomic mass is 19.1. The van der Waals surface area contributed by atoms with E-state index in [1.807, 2.05) is 36.4 Å². The number of ether oxygens (including phenoxy) is 1. The minimum atomic E-state index is -0.918. The van der Waals surface area contributed by atoms with Gasteiger partial charge in [-0.1, -0.05) is 12.1 Å². The smallest absolute Gasteiger partial charge is 0.265 e. The number of halogens is 2. The van der Waals surface area contributed by atoms with Crippen LogP contribution in [-0.2, 0) is 4.79 Å². The fourth-order valence-corrected chi connectivity index (χ4v) is 2.89. The number of nitrogens with one attached hydrogen (secondary N) is 1. The molecule has 30 heavy (non-hydrogen) atoms.